The van der Waals surface area contributed by atoms with Crippen LogP contribution in [0.3, 0.4) is 0 Å². The van der Waals surface area contributed by atoms with Crippen molar-refractivity contribution in [1.82, 2.24) is 15.1 Å². The molecule has 6 heteroatoms. The van der Waals surface area contributed by atoms with Gasteiger partial charge in [-0.25, -0.2) is 4.98 Å². The zero-order valence-corrected chi connectivity index (χ0v) is 12.4. The first-order valence-electron chi connectivity index (χ1n) is 7.36. The lowest BCUT2D eigenvalue weighted by molar-refractivity contribution is 0.0875. The van der Waals surface area contributed by atoms with Gasteiger partial charge in [-0.15, -0.1) is 0 Å². The molecule has 0 radical (unpaired) electrons. The van der Waals surface area contributed by atoms with Gasteiger partial charge in [-0.05, 0) is 25.0 Å². The quantitative estimate of drug-likeness (QED) is 0.932. The highest BCUT2D eigenvalue weighted by atomic mass is 16.5. The fourth-order valence-electron chi connectivity index (χ4n) is 2.29. The van der Waals surface area contributed by atoms with Crippen molar-refractivity contribution in [2.75, 3.05) is 18.5 Å². The fourth-order valence-corrected chi connectivity index (χ4v) is 2.29. The van der Waals surface area contributed by atoms with E-state index in [4.69, 9.17) is 9.26 Å². The molecule has 0 aliphatic carbocycles. The van der Waals surface area contributed by atoms with Crippen LogP contribution < -0.4 is 5.32 Å². The lowest BCUT2D eigenvalue weighted by atomic mass is 10.1. The first-order valence-corrected chi connectivity index (χ1v) is 7.36. The lowest BCUT2D eigenvalue weighted by Gasteiger charge is -2.23. The molecule has 21 heavy (non-hydrogen) atoms. The molecule has 6 nitrogen and oxygen atoms in total. The van der Waals surface area contributed by atoms with Gasteiger partial charge in [0.25, 0.3) is 5.89 Å². The Kier molecular flexibility index (Phi) is 4.15. The van der Waals surface area contributed by atoms with Crippen LogP contribution >= 0.6 is 0 Å². The maximum atomic E-state index is 5.47. The molecule has 2 aromatic heterocycles. The Morgan fingerprint density at radius 3 is 3.00 bits per heavy atom. The van der Waals surface area contributed by atoms with Crippen LogP contribution in [0.15, 0.2) is 22.9 Å². The van der Waals surface area contributed by atoms with Gasteiger partial charge >= 0.3 is 0 Å². The molecule has 0 aromatic carbocycles. The molecule has 1 aliphatic rings. The van der Waals surface area contributed by atoms with Gasteiger partial charge in [0.2, 0.25) is 0 Å². The molecule has 1 atom stereocenters. The SMILES string of the molecule is CC(C)c1noc(-c2ccnc(NC3CCCOC3)c2)n1. The molecular weight excluding hydrogens is 268 g/mol. The zero-order valence-electron chi connectivity index (χ0n) is 12.4. The number of ether oxygens (including phenoxy) is 1. The summed E-state index contributed by atoms with van der Waals surface area (Å²) >= 11 is 0. The Bertz CT molecular complexity index is 591. The summed E-state index contributed by atoms with van der Waals surface area (Å²) < 4.78 is 10.8. The van der Waals surface area contributed by atoms with Crippen molar-refractivity contribution < 1.29 is 9.26 Å². The highest BCUT2D eigenvalue weighted by Crippen LogP contribution is 2.22. The van der Waals surface area contributed by atoms with Crippen molar-refractivity contribution in [3.05, 3.63) is 24.2 Å². The molecule has 112 valence electrons. The number of hydrogen-bond donors (Lipinski definition) is 1. The van der Waals surface area contributed by atoms with Gasteiger partial charge in [0, 0.05) is 24.3 Å². The van der Waals surface area contributed by atoms with Gasteiger partial charge in [-0.3, -0.25) is 0 Å². The van der Waals surface area contributed by atoms with Crippen molar-refractivity contribution in [2.45, 2.75) is 38.6 Å². The number of nitrogens with zero attached hydrogens (tertiary/aromatic N) is 3. The molecule has 0 saturated carbocycles. The summed E-state index contributed by atoms with van der Waals surface area (Å²) in [6.07, 6.45) is 3.93. The molecule has 2 aromatic rings. The van der Waals surface area contributed by atoms with Gasteiger partial charge in [0.05, 0.1) is 12.6 Å². The van der Waals surface area contributed by atoms with Crippen LogP contribution in [0.4, 0.5) is 5.82 Å². The third-order valence-electron chi connectivity index (χ3n) is 3.48. The monoisotopic (exact) mass is 288 g/mol. The van der Waals surface area contributed by atoms with Crippen LogP contribution in [0.5, 0.6) is 0 Å². The maximum Gasteiger partial charge on any atom is 0.258 e. The minimum absolute atomic E-state index is 0.251. The highest BCUT2D eigenvalue weighted by molar-refractivity contribution is 5.58. The Balaban J connectivity index is 1.75. The van der Waals surface area contributed by atoms with Gasteiger partial charge in [0.15, 0.2) is 5.82 Å². The Morgan fingerprint density at radius 2 is 2.29 bits per heavy atom. The standard InChI is InChI=1S/C15H20N4O2/c1-10(2)14-18-15(21-19-14)11-5-6-16-13(8-11)17-12-4-3-7-20-9-12/h5-6,8,10,12H,3-4,7,9H2,1-2H3,(H,16,17). The first kappa shape index (κ1) is 14.0. The average molecular weight is 288 g/mol. The number of anilines is 1. The van der Waals surface area contributed by atoms with E-state index in [-0.39, 0.29) is 5.92 Å². The van der Waals surface area contributed by atoms with E-state index < -0.39 is 0 Å². The fraction of sp³-hybridized carbons (Fsp3) is 0.533. The highest BCUT2D eigenvalue weighted by Gasteiger charge is 2.15. The summed E-state index contributed by atoms with van der Waals surface area (Å²) in [6, 6.07) is 4.13. The first-order chi connectivity index (χ1) is 10.2. The Hall–Kier alpha value is -1.95. The Morgan fingerprint density at radius 1 is 1.38 bits per heavy atom. The topological polar surface area (TPSA) is 73.1 Å². The predicted octanol–water partition coefficient (Wildman–Crippen LogP) is 2.85. The second-order valence-electron chi connectivity index (χ2n) is 5.60. The number of nitrogens with one attached hydrogen (secondary N) is 1. The van der Waals surface area contributed by atoms with Gasteiger partial charge in [-0.1, -0.05) is 19.0 Å². The molecule has 0 bridgehead atoms. The average Bonchev–Trinajstić information content (AvgIpc) is 2.99. The summed E-state index contributed by atoms with van der Waals surface area (Å²) in [5, 5.41) is 7.39. The molecule has 1 saturated heterocycles. The van der Waals surface area contributed by atoms with E-state index in [0.717, 1.165) is 43.3 Å². The summed E-state index contributed by atoms with van der Waals surface area (Å²) in [4.78, 5) is 8.75. The van der Waals surface area contributed by atoms with E-state index >= 15 is 0 Å². The van der Waals surface area contributed by atoms with Crippen molar-refractivity contribution in [1.29, 1.82) is 0 Å². The molecular formula is C15H20N4O2. The van der Waals surface area contributed by atoms with Crippen LogP contribution in [0.1, 0.15) is 38.4 Å². The second-order valence-corrected chi connectivity index (χ2v) is 5.60. The summed E-state index contributed by atoms with van der Waals surface area (Å²) in [7, 11) is 0. The van der Waals surface area contributed by atoms with Crippen molar-refractivity contribution >= 4 is 5.82 Å². The van der Waals surface area contributed by atoms with Crippen LogP contribution in [0.2, 0.25) is 0 Å². The van der Waals surface area contributed by atoms with Crippen molar-refractivity contribution in [3.8, 4) is 11.5 Å². The summed E-state index contributed by atoms with van der Waals surface area (Å²) in [5.41, 5.74) is 0.878. The van der Waals surface area contributed by atoms with Crippen LogP contribution in [-0.4, -0.2) is 34.4 Å². The number of aromatic nitrogens is 3. The second kappa shape index (κ2) is 6.22. The zero-order chi connectivity index (χ0) is 14.7. The van der Waals surface area contributed by atoms with Gasteiger partial charge < -0.3 is 14.6 Å². The van der Waals surface area contributed by atoms with Crippen molar-refractivity contribution in [3.63, 3.8) is 0 Å². The smallest absolute Gasteiger partial charge is 0.258 e. The maximum absolute atomic E-state index is 5.47. The van der Waals surface area contributed by atoms with E-state index in [1.807, 2.05) is 26.0 Å². The van der Waals surface area contributed by atoms with Gasteiger partial charge in [-0.2, -0.15) is 4.98 Å². The Labute approximate surface area is 123 Å². The minimum atomic E-state index is 0.251. The molecule has 1 unspecified atom stereocenters. The third kappa shape index (κ3) is 3.39. The third-order valence-corrected chi connectivity index (χ3v) is 3.48. The van der Waals surface area contributed by atoms with Gasteiger partial charge in [0.1, 0.15) is 5.82 Å². The van der Waals surface area contributed by atoms with E-state index in [1.54, 1.807) is 6.20 Å². The molecule has 3 heterocycles. The molecule has 1 fully saturated rings. The van der Waals surface area contributed by atoms with E-state index in [1.165, 1.54) is 0 Å². The van der Waals surface area contributed by atoms with E-state index in [0.29, 0.717) is 11.9 Å². The number of hydrogen-bond acceptors (Lipinski definition) is 6. The number of pyridine rings is 1. The predicted molar refractivity (Wildman–Crippen MR) is 79.1 cm³/mol. The largest absolute Gasteiger partial charge is 0.379 e. The van der Waals surface area contributed by atoms with Crippen LogP contribution in [0.25, 0.3) is 11.5 Å². The van der Waals surface area contributed by atoms with Crippen LogP contribution in [-0.2, 0) is 4.74 Å². The molecule has 0 amide bonds. The minimum Gasteiger partial charge on any atom is -0.379 e. The van der Waals surface area contributed by atoms with E-state index in [9.17, 15) is 0 Å². The van der Waals surface area contributed by atoms with E-state index in [2.05, 4.69) is 20.4 Å². The summed E-state index contributed by atoms with van der Waals surface area (Å²) in [6.45, 7) is 5.66. The lowest BCUT2D eigenvalue weighted by Crippen LogP contribution is -2.30. The molecule has 1 N–H and O–H groups in total. The van der Waals surface area contributed by atoms with Crippen molar-refractivity contribution in [2.24, 2.45) is 0 Å². The normalized spacial score (nSPS) is 18.9. The molecule has 3 rings (SSSR count). The number of rotatable bonds is 4. The molecule has 1 aliphatic heterocycles. The molecule has 0 spiro atoms. The van der Waals surface area contributed by atoms with Crippen LogP contribution in [0, 0.1) is 0 Å². The summed E-state index contributed by atoms with van der Waals surface area (Å²) in [5.74, 6) is 2.31.